The van der Waals surface area contributed by atoms with Gasteiger partial charge in [-0.05, 0) is 25.1 Å². The van der Waals surface area contributed by atoms with Gasteiger partial charge in [-0.3, -0.25) is 14.4 Å². The lowest BCUT2D eigenvalue weighted by molar-refractivity contribution is -0.140. The van der Waals surface area contributed by atoms with Crippen LogP contribution in [0.4, 0.5) is 0 Å². The number of amides is 2. The summed E-state index contributed by atoms with van der Waals surface area (Å²) in [6.07, 6.45) is 0. The molecule has 1 atom stereocenters. The van der Waals surface area contributed by atoms with Crippen molar-refractivity contribution in [2.24, 2.45) is 5.73 Å². The predicted octanol–water partition coefficient (Wildman–Crippen LogP) is 0.0388. The SMILES string of the molecule is CC(=O)NCCN(C(C)C(=O)O)S(=O)(=O)c1cc(Cl)cc(C(N)=O)c1. The van der Waals surface area contributed by atoms with Crippen molar-refractivity contribution < 1.29 is 27.9 Å². The number of aliphatic carboxylic acids is 1. The molecule has 0 radical (unpaired) electrons. The minimum atomic E-state index is -4.31. The number of benzene rings is 1. The zero-order valence-electron chi connectivity index (χ0n) is 13.5. The van der Waals surface area contributed by atoms with E-state index in [1.165, 1.54) is 19.9 Å². The van der Waals surface area contributed by atoms with Crippen molar-refractivity contribution >= 4 is 39.4 Å². The molecule has 0 saturated heterocycles. The lowest BCUT2D eigenvalue weighted by Crippen LogP contribution is -2.46. The number of halogens is 1. The number of carbonyl (C=O) groups is 3. The van der Waals surface area contributed by atoms with Crippen LogP contribution in [0.1, 0.15) is 24.2 Å². The number of nitrogens with two attached hydrogens (primary N) is 1. The largest absolute Gasteiger partial charge is 0.480 e. The van der Waals surface area contributed by atoms with E-state index in [0.717, 1.165) is 12.1 Å². The topological polar surface area (TPSA) is 147 Å². The molecule has 0 aliphatic heterocycles. The van der Waals surface area contributed by atoms with Gasteiger partial charge in [-0.15, -0.1) is 0 Å². The van der Waals surface area contributed by atoms with Crippen molar-refractivity contribution in [3.05, 3.63) is 28.8 Å². The highest BCUT2D eigenvalue weighted by Crippen LogP contribution is 2.23. The molecule has 1 aromatic rings. The normalized spacial score (nSPS) is 12.6. The third-order valence-corrected chi connectivity index (χ3v) is 5.42. The lowest BCUT2D eigenvalue weighted by atomic mass is 10.2. The number of sulfonamides is 1. The quantitative estimate of drug-likeness (QED) is 0.570. The average Bonchev–Trinajstić information content (AvgIpc) is 2.49. The van der Waals surface area contributed by atoms with E-state index in [1.54, 1.807) is 0 Å². The Balaban J connectivity index is 3.33. The van der Waals surface area contributed by atoms with Gasteiger partial charge in [0.1, 0.15) is 6.04 Å². The van der Waals surface area contributed by atoms with Crippen LogP contribution in [-0.4, -0.2) is 54.7 Å². The van der Waals surface area contributed by atoms with E-state index in [4.69, 9.17) is 17.3 Å². The van der Waals surface area contributed by atoms with Gasteiger partial charge in [-0.2, -0.15) is 4.31 Å². The summed E-state index contributed by atoms with van der Waals surface area (Å²) in [4.78, 5) is 33.1. The molecule has 9 nitrogen and oxygen atoms in total. The monoisotopic (exact) mass is 391 g/mol. The van der Waals surface area contributed by atoms with Crippen LogP contribution in [0, 0.1) is 0 Å². The van der Waals surface area contributed by atoms with Gasteiger partial charge < -0.3 is 16.2 Å². The molecule has 0 aliphatic rings. The van der Waals surface area contributed by atoms with E-state index in [9.17, 15) is 27.9 Å². The Morgan fingerprint density at radius 3 is 2.40 bits per heavy atom. The Morgan fingerprint density at radius 2 is 1.92 bits per heavy atom. The van der Waals surface area contributed by atoms with Crippen LogP contribution in [0.5, 0.6) is 0 Å². The van der Waals surface area contributed by atoms with Crippen molar-refractivity contribution in [1.82, 2.24) is 9.62 Å². The molecule has 1 rings (SSSR count). The maximum Gasteiger partial charge on any atom is 0.321 e. The summed E-state index contributed by atoms with van der Waals surface area (Å²) >= 11 is 5.83. The van der Waals surface area contributed by atoms with Gasteiger partial charge in [0.25, 0.3) is 0 Å². The second kappa shape index (κ2) is 8.28. The van der Waals surface area contributed by atoms with Crippen LogP contribution < -0.4 is 11.1 Å². The summed E-state index contributed by atoms with van der Waals surface area (Å²) in [5.74, 6) is -2.64. The van der Waals surface area contributed by atoms with Crippen LogP contribution in [0.25, 0.3) is 0 Å². The number of rotatable bonds is 8. The number of carbonyl (C=O) groups excluding carboxylic acids is 2. The molecule has 0 saturated carbocycles. The van der Waals surface area contributed by atoms with Crippen molar-refractivity contribution in [3.63, 3.8) is 0 Å². The fourth-order valence-electron chi connectivity index (χ4n) is 1.98. The van der Waals surface area contributed by atoms with E-state index < -0.39 is 27.9 Å². The molecule has 4 N–H and O–H groups in total. The first kappa shape index (κ1) is 20.9. The van der Waals surface area contributed by atoms with E-state index in [2.05, 4.69) is 5.32 Å². The first-order valence-corrected chi connectivity index (χ1v) is 8.88. The molecule has 0 bridgehead atoms. The highest BCUT2D eigenvalue weighted by Gasteiger charge is 2.33. The van der Waals surface area contributed by atoms with Crippen molar-refractivity contribution in [3.8, 4) is 0 Å². The Morgan fingerprint density at radius 1 is 1.32 bits per heavy atom. The minimum Gasteiger partial charge on any atom is -0.480 e. The summed E-state index contributed by atoms with van der Waals surface area (Å²) in [5.41, 5.74) is 5.02. The molecule has 25 heavy (non-hydrogen) atoms. The summed E-state index contributed by atoms with van der Waals surface area (Å²) in [7, 11) is -4.31. The third-order valence-electron chi connectivity index (χ3n) is 3.26. The number of nitrogens with zero attached hydrogens (tertiary/aromatic N) is 1. The molecule has 138 valence electrons. The van der Waals surface area contributed by atoms with E-state index in [0.29, 0.717) is 4.31 Å². The highest BCUT2D eigenvalue weighted by atomic mass is 35.5. The van der Waals surface area contributed by atoms with Gasteiger partial charge >= 0.3 is 5.97 Å². The van der Waals surface area contributed by atoms with Crippen LogP contribution >= 0.6 is 11.6 Å². The smallest absolute Gasteiger partial charge is 0.321 e. The van der Waals surface area contributed by atoms with Gasteiger partial charge in [-0.25, -0.2) is 8.42 Å². The van der Waals surface area contributed by atoms with Crippen molar-refractivity contribution in [1.29, 1.82) is 0 Å². The second-order valence-corrected chi connectivity index (χ2v) is 7.48. The third kappa shape index (κ3) is 5.41. The van der Waals surface area contributed by atoms with Crippen LogP contribution in [0.15, 0.2) is 23.1 Å². The standard InChI is InChI=1S/C14H18ClN3O6S/c1-8(14(21)22)18(4-3-17-9(2)19)25(23,24)12-6-10(13(16)20)5-11(15)7-12/h5-8H,3-4H2,1-2H3,(H2,16,20)(H,17,19)(H,21,22). The Kier molecular flexibility index (Phi) is 6.91. The average molecular weight is 392 g/mol. The molecule has 2 amide bonds. The first-order valence-electron chi connectivity index (χ1n) is 7.06. The summed E-state index contributed by atoms with van der Waals surface area (Å²) in [6, 6.07) is 1.90. The van der Waals surface area contributed by atoms with Crippen molar-refractivity contribution in [2.75, 3.05) is 13.1 Å². The van der Waals surface area contributed by atoms with Gasteiger partial charge in [0.2, 0.25) is 21.8 Å². The molecule has 0 fully saturated rings. The molecule has 0 aliphatic carbocycles. The van der Waals surface area contributed by atoms with E-state index in [-0.39, 0.29) is 34.5 Å². The predicted molar refractivity (Wildman–Crippen MR) is 89.6 cm³/mol. The molecule has 1 unspecified atom stereocenters. The summed E-state index contributed by atoms with van der Waals surface area (Å²) in [5, 5.41) is 11.5. The zero-order chi connectivity index (χ0) is 19.4. The zero-order valence-corrected chi connectivity index (χ0v) is 15.1. The fraction of sp³-hybridized carbons (Fsp3) is 0.357. The number of carboxylic acids is 1. The molecule has 0 spiro atoms. The molecule has 0 heterocycles. The Bertz CT molecular complexity index is 796. The first-order chi connectivity index (χ1) is 11.5. The molecule has 0 aromatic heterocycles. The maximum absolute atomic E-state index is 12.8. The fourth-order valence-corrected chi connectivity index (χ4v) is 3.94. The highest BCUT2D eigenvalue weighted by molar-refractivity contribution is 7.89. The summed E-state index contributed by atoms with van der Waals surface area (Å²) in [6.45, 7) is 2.06. The second-order valence-electron chi connectivity index (χ2n) is 5.15. The van der Waals surface area contributed by atoms with Gasteiger partial charge in [0.15, 0.2) is 0 Å². The van der Waals surface area contributed by atoms with Crippen LogP contribution in [-0.2, 0) is 19.6 Å². The number of carboxylic acid groups (broad SMARTS) is 1. The van der Waals surface area contributed by atoms with E-state index >= 15 is 0 Å². The Labute approximate surface area is 149 Å². The van der Waals surface area contributed by atoms with Crippen LogP contribution in [0.3, 0.4) is 0 Å². The van der Waals surface area contributed by atoms with Gasteiger partial charge in [-0.1, -0.05) is 11.6 Å². The van der Waals surface area contributed by atoms with E-state index in [1.807, 2.05) is 0 Å². The molecule has 11 heteroatoms. The van der Waals surface area contributed by atoms with Gasteiger partial charge in [0, 0.05) is 30.6 Å². The Hall–Kier alpha value is -2.17. The molecular formula is C14H18ClN3O6S. The molecular weight excluding hydrogens is 374 g/mol. The lowest BCUT2D eigenvalue weighted by Gasteiger charge is -2.26. The number of primary amides is 1. The number of nitrogens with one attached hydrogen (secondary N) is 1. The van der Waals surface area contributed by atoms with Gasteiger partial charge in [0.05, 0.1) is 4.90 Å². The van der Waals surface area contributed by atoms with Crippen LogP contribution in [0.2, 0.25) is 5.02 Å². The van der Waals surface area contributed by atoms with Crippen molar-refractivity contribution in [2.45, 2.75) is 24.8 Å². The maximum atomic E-state index is 12.8. The number of hydrogen-bond donors (Lipinski definition) is 3. The minimum absolute atomic E-state index is 0.0420. The number of hydrogen-bond acceptors (Lipinski definition) is 5. The summed E-state index contributed by atoms with van der Waals surface area (Å²) < 4.78 is 26.3. The molecule has 1 aromatic carbocycles.